The highest BCUT2D eigenvalue weighted by molar-refractivity contribution is 6.00. The Labute approximate surface area is 148 Å². The number of hydrogen-bond donors (Lipinski definition) is 3. The van der Waals surface area contributed by atoms with E-state index in [1.165, 1.54) is 0 Å². The van der Waals surface area contributed by atoms with Crippen LogP contribution in [0.25, 0.3) is 0 Å². The summed E-state index contributed by atoms with van der Waals surface area (Å²) in [7, 11) is 1.73. The number of nitrogen functional groups attached to an aromatic ring is 1. The number of amides is 1. The van der Waals surface area contributed by atoms with E-state index in [0.717, 1.165) is 31.6 Å². The summed E-state index contributed by atoms with van der Waals surface area (Å²) in [6.45, 7) is 3.07. The van der Waals surface area contributed by atoms with Crippen molar-refractivity contribution in [3.05, 3.63) is 11.6 Å². The Morgan fingerprint density at radius 3 is 2.64 bits per heavy atom. The topological polar surface area (TPSA) is 83.3 Å². The zero-order valence-corrected chi connectivity index (χ0v) is 15.0. The highest BCUT2D eigenvalue weighted by atomic mass is 19.1. The van der Waals surface area contributed by atoms with Crippen molar-refractivity contribution in [2.75, 3.05) is 36.1 Å². The van der Waals surface area contributed by atoms with Crippen molar-refractivity contribution in [2.24, 2.45) is 5.92 Å². The van der Waals surface area contributed by atoms with Gasteiger partial charge in [-0.2, -0.15) is 0 Å². The normalized spacial score (nSPS) is 26.5. The van der Waals surface area contributed by atoms with Gasteiger partial charge < -0.3 is 21.3 Å². The van der Waals surface area contributed by atoms with Crippen LogP contribution in [0.3, 0.4) is 0 Å². The first-order valence-electron chi connectivity index (χ1n) is 9.16. The average Bonchev–Trinajstić information content (AvgIpc) is 3.03. The van der Waals surface area contributed by atoms with Crippen molar-refractivity contribution in [1.82, 2.24) is 10.3 Å². The Morgan fingerprint density at radius 2 is 2.04 bits per heavy atom. The third-order valence-corrected chi connectivity index (χ3v) is 5.29. The summed E-state index contributed by atoms with van der Waals surface area (Å²) in [4.78, 5) is 19.2. The van der Waals surface area contributed by atoms with Crippen LogP contribution >= 0.6 is 0 Å². The molecule has 0 bridgehead atoms. The van der Waals surface area contributed by atoms with Crippen LogP contribution in [-0.4, -0.2) is 43.2 Å². The number of nitrogens with two attached hydrogens (primary N) is 1. The molecule has 1 atom stereocenters. The number of carbonyl (C=O) groups is 1. The lowest BCUT2D eigenvalue weighted by molar-refractivity contribution is 0.0923. The predicted octanol–water partition coefficient (Wildman–Crippen LogP) is 2.56. The third kappa shape index (κ3) is 3.96. The van der Waals surface area contributed by atoms with Crippen molar-refractivity contribution >= 4 is 23.2 Å². The van der Waals surface area contributed by atoms with Gasteiger partial charge in [0.15, 0.2) is 5.82 Å². The maximum absolute atomic E-state index is 13.7. The number of halogens is 1. The molecule has 1 aliphatic carbocycles. The Hall–Kier alpha value is -2.05. The molecule has 138 valence electrons. The summed E-state index contributed by atoms with van der Waals surface area (Å²) >= 11 is 0. The number of anilines is 3. The van der Waals surface area contributed by atoms with Gasteiger partial charge in [-0.25, -0.2) is 9.37 Å². The van der Waals surface area contributed by atoms with Gasteiger partial charge in [0.25, 0.3) is 5.91 Å². The van der Waals surface area contributed by atoms with Crippen molar-refractivity contribution in [2.45, 2.75) is 51.2 Å². The third-order valence-electron chi connectivity index (χ3n) is 5.29. The van der Waals surface area contributed by atoms with Crippen LogP contribution in [0.1, 0.15) is 49.4 Å². The lowest BCUT2D eigenvalue weighted by atomic mass is 9.87. The molecule has 1 aromatic heterocycles. The van der Waals surface area contributed by atoms with Crippen LogP contribution in [0.4, 0.5) is 21.7 Å². The molecule has 0 spiro atoms. The summed E-state index contributed by atoms with van der Waals surface area (Å²) in [5, 5.41) is 6.05. The predicted molar refractivity (Wildman–Crippen MR) is 98.8 cm³/mol. The van der Waals surface area contributed by atoms with E-state index in [9.17, 15) is 9.18 Å². The Bertz CT molecular complexity index is 630. The molecule has 4 N–H and O–H groups in total. The van der Waals surface area contributed by atoms with E-state index in [1.54, 1.807) is 13.1 Å². The molecule has 3 rings (SSSR count). The molecular weight excluding hydrogens is 321 g/mol. The molecule has 25 heavy (non-hydrogen) atoms. The van der Waals surface area contributed by atoms with E-state index in [0.29, 0.717) is 35.9 Å². The molecule has 2 aliphatic rings. The summed E-state index contributed by atoms with van der Waals surface area (Å²) in [5.41, 5.74) is 6.87. The van der Waals surface area contributed by atoms with Crippen LogP contribution < -0.4 is 21.3 Å². The number of carbonyl (C=O) groups excluding carboxylic acids is 1. The van der Waals surface area contributed by atoms with Crippen molar-refractivity contribution in [3.8, 4) is 0 Å². The minimum absolute atomic E-state index is 0.168. The zero-order chi connectivity index (χ0) is 18.0. The maximum atomic E-state index is 13.7. The highest BCUT2D eigenvalue weighted by Crippen LogP contribution is 2.30. The largest absolute Gasteiger partial charge is 0.396 e. The van der Waals surface area contributed by atoms with E-state index in [-0.39, 0.29) is 18.5 Å². The van der Waals surface area contributed by atoms with Gasteiger partial charge in [-0.15, -0.1) is 0 Å². The van der Waals surface area contributed by atoms with E-state index < -0.39 is 6.17 Å². The second-order valence-corrected chi connectivity index (χ2v) is 7.31. The maximum Gasteiger partial charge on any atom is 0.255 e. The first kappa shape index (κ1) is 17.8. The molecule has 1 saturated heterocycles. The minimum Gasteiger partial charge on any atom is -0.396 e. The molecule has 0 radical (unpaired) electrons. The number of pyridine rings is 1. The number of alkyl halides is 1. The zero-order valence-electron chi connectivity index (χ0n) is 15.0. The fraction of sp³-hybridized carbons (Fsp3) is 0.667. The van der Waals surface area contributed by atoms with Crippen molar-refractivity contribution in [1.29, 1.82) is 0 Å². The average molecular weight is 349 g/mol. The lowest BCUT2D eigenvalue weighted by Gasteiger charge is -2.28. The molecule has 1 amide bonds. The summed E-state index contributed by atoms with van der Waals surface area (Å²) in [6.07, 6.45) is 3.83. The minimum atomic E-state index is -0.881. The van der Waals surface area contributed by atoms with Gasteiger partial charge in [0.1, 0.15) is 12.0 Å². The summed E-state index contributed by atoms with van der Waals surface area (Å²) < 4.78 is 13.7. The molecule has 2 heterocycles. The molecule has 2 fully saturated rings. The Balaban J connectivity index is 1.83. The molecule has 1 aromatic rings. The lowest BCUT2D eigenvalue weighted by Crippen LogP contribution is -2.38. The van der Waals surface area contributed by atoms with Gasteiger partial charge in [-0.1, -0.05) is 6.92 Å². The quantitative estimate of drug-likeness (QED) is 0.778. The van der Waals surface area contributed by atoms with E-state index >= 15 is 0 Å². The fourth-order valence-electron chi connectivity index (χ4n) is 3.71. The summed E-state index contributed by atoms with van der Waals surface area (Å²) in [5.74, 6) is 1.58. The van der Waals surface area contributed by atoms with Gasteiger partial charge in [0.05, 0.1) is 17.8 Å². The van der Waals surface area contributed by atoms with E-state index in [2.05, 4.69) is 22.5 Å². The van der Waals surface area contributed by atoms with Gasteiger partial charge >= 0.3 is 0 Å². The Kier molecular flexibility index (Phi) is 5.30. The van der Waals surface area contributed by atoms with Crippen molar-refractivity contribution < 1.29 is 9.18 Å². The molecule has 1 aliphatic heterocycles. The number of nitrogens with one attached hydrogen (secondary N) is 2. The number of aromatic nitrogens is 1. The molecular formula is C18H28FN5O. The summed E-state index contributed by atoms with van der Waals surface area (Å²) in [6, 6.07) is 1.84. The Morgan fingerprint density at radius 1 is 1.32 bits per heavy atom. The molecule has 0 unspecified atom stereocenters. The molecule has 6 nitrogen and oxygen atoms in total. The van der Waals surface area contributed by atoms with Gasteiger partial charge in [0, 0.05) is 19.6 Å². The van der Waals surface area contributed by atoms with Crippen LogP contribution in [-0.2, 0) is 0 Å². The van der Waals surface area contributed by atoms with Crippen LogP contribution in [0, 0.1) is 5.92 Å². The highest BCUT2D eigenvalue weighted by Gasteiger charge is 2.29. The number of rotatable bonds is 4. The van der Waals surface area contributed by atoms with Gasteiger partial charge in [-0.3, -0.25) is 4.79 Å². The standard InChI is InChI=1S/C18H28FN5O/c1-11-3-5-13(6-4-11)22-18(25)14-9-15(20)16(21-2)23-17(14)24-8-7-12(19)10-24/h9,11-13H,3-8,10,20H2,1-2H3,(H,21,23)(H,22,25)/t11?,12-,13?/m1/s1. The first-order valence-corrected chi connectivity index (χ1v) is 9.16. The second kappa shape index (κ2) is 7.45. The molecule has 0 aromatic carbocycles. The smallest absolute Gasteiger partial charge is 0.255 e. The fourth-order valence-corrected chi connectivity index (χ4v) is 3.71. The van der Waals surface area contributed by atoms with E-state index in [4.69, 9.17) is 5.73 Å². The number of hydrogen-bond acceptors (Lipinski definition) is 5. The first-order chi connectivity index (χ1) is 12.0. The van der Waals surface area contributed by atoms with Crippen LogP contribution in [0.2, 0.25) is 0 Å². The molecule has 1 saturated carbocycles. The number of nitrogens with zero attached hydrogens (tertiary/aromatic N) is 2. The van der Waals surface area contributed by atoms with Crippen LogP contribution in [0.5, 0.6) is 0 Å². The van der Waals surface area contributed by atoms with Gasteiger partial charge in [-0.05, 0) is 44.1 Å². The monoisotopic (exact) mass is 349 g/mol. The second-order valence-electron chi connectivity index (χ2n) is 7.31. The molecule has 7 heteroatoms. The van der Waals surface area contributed by atoms with Gasteiger partial charge in [0.2, 0.25) is 0 Å². The SMILES string of the molecule is CNc1nc(N2CC[C@@H](F)C2)c(C(=O)NC2CCC(C)CC2)cc1N. The van der Waals surface area contributed by atoms with E-state index in [1.807, 2.05) is 4.90 Å². The van der Waals surface area contributed by atoms with Crippen molar-refractivity contribution in [3.63, 3.8) is 0 Å². The van der Waals surface area contributed by atoms with Crippen LogP contribution in [0.15, 0.2) is 6.07 Å².